The molecule has 1 aromatic heterocycles. The maximum absolute atomic E-state index is 13.9. The number of hydrogen-bond acceptors (Lipinski definition) is 4. The molecule has 0 aliphatic carbocycles. The number of benzene rings is 4. The summed E-state index contributed by atoms with van der Waals surface area (Å²) in [5.74, 6) is 0.101. The Balaban J connectivity index is 1.53. The highest BCUT2D eigenvalue weighted by Crippen LogP contribution is 2.31. The van der Waals surface area contributed by atoms with Crippen LogP contribution in [0.15, 0.2) is 90.1 Å². The standard InChI is InChI=1S/C28H23FN2O2S/c1-2-33-27(32)21-13-14-26-25(16-21)30-28(31(26)17-19-7-5-11-23(29)15-19)34-18-22-10-6-9-20-8-3-4-12-24(20)22/h3-16H,2,17-18H2,1H3. The number of rotatable bonds is 7. The van der Waals surface area contributed by atoms with E-state index < -0.39 is 0 Å². The van der Waals surface area contributed by atoms with Crippen molar-refractivity contribution in [3.8, 4) is 0 Å². The Morgan fingerprint density at radius 1 is 1.00 bits per heavy atom. The van der Waals surface area contributed by atoms with E-state index in [-0.39, 0.29) is 11.8 Å². The van der Waals surface area contributed by atoms with Crippen molar-refractivity contribution in [1.82, 2.24) is 9.55 Å². The number of hydrogen-bond donors (Lipinski definition) is 0. The van der Waals surface area contributed by atoms with Crippen LogP contribution >= 0.6 is 11.8 Å². The molecule has 0 saturated heterocycles. The summed E-state index contributed by atoms with van der Waals surface area (Å²) in [7, 11) is 0. The third-order valence-electron chi connectivity index (χ3n) is 5.69. The minimum absolute atomic E-state index is 0.267. The molecule has 4 nitrogen and oxygen atoms in total. The largest absolute Gasteiger partial charge is 0.462 e. The summed E-state index contributed by atoms with van der Waals surface area (Å²) in [5.41, 5.74) is 4.14. The molecule has 0 radical (unpaired) electrons. The van der Waals surface area contributed by atoms with E-state index >= 15 is 0 Å². The maximum Gasteiger partial charge on any atom is 0.338 e. The molecule has 5 rings (SSSR count). The van der Waals surface area contributed by atoms with E-state index in [4.69, 9.17) is 9.72 Å². The monoisotopic (exact) mass is 470 g/mol. The van der Waals surface area contributed by atoms with Gasteiger partial charge in [-0.3, -0.25) is 0 Å². The number of carbonyl (C=O) groups is 1. The molecule has 5 aromatic rings. The lowest BCUT2D eigenvalue weighted by molar-refractivity contribution is 0.0526. The molecule has 6 heteroatoms. The lowest BCUT2D eigenvalue weighted by Gasteiger charge is -2.11. The van der Waals surface area contributed by atoms with Crippen LogP contribution in [0.2, 0.25) is 0 Å². The van der Waals surface area contributed by atoms with E-state index in [0.717, 1.165) is 22.0 Å². The van der Waals surface area contributed by atoms with Crippen LogP contribution in [-0.2, 0) is 17.0 Å². The van der Waals surface area contributed by atoms with Crippen LogP contribution in [0.3, 0.4) is 0 Å². The zero-order valence-electron chi connectivity index (χ0n) is 18.7. The SMILES string of the molecule is CCOC(=O)c1ccc2c(c1)nc(SCc1cccc3ccccc13)n2Cc1cccc(F)c1. The Morgan fingerprint density at radius 2 is 1.82 bits per heavy atom. The predicted molar refractivity (Wildman–Crippen MR) is 135 cm³/mol. The molecule has 0 saturated carbocycles. The van der Waals surface area contributed by atoms with Crippen molar-refractivity contribution >= 4 is 39.5 Å². The van der Waals surface area contributed by atoms with E-state index in [2.05, 4.69) is 34.9 Å². The average molecular weight is 471 g/mol. The van der Waals surface area contributed by atoms with Crippen molar-refractivity contribution in [2.45, 2.75) is 24.4 Å². The minimum atomic E-state index is -0.367. The van der Waals surface area contributed by atoms with Crippen LogP contribution in [0.25, 0.3) is 21.8 Å². The van der Waals surface area contributed by atoms with Gasteiger partial charge < -0.3 is 9.30 Å². The van der Waals surface area contributed by atoms with Gasteiger partial charge in [-0.05, 0) is 59.2 Å². The highest BCUT2D eigenvalue weighted by molar-refractivity contribution is 7.98. The van der Waals surface area contributed by atoms with Crippen LogP contribution in [0.4, 0.5) is 4.39 Å². The fraction of sp³-hybridized carbons (Fsp3) is 0.143. The zero-order chi connectivity index (χ0) is 23.5. The molecular weight excluding hydrogens is 447 g/mol. The molecule has 0 aliphatic heterocycles. The summed E-state index contributed by atoms with van der Waals surface area (Å²) >= 11 is 1.63. The van der Waals surface area contributed by atoms with Gasteiger partial charge in [0.2, 0.25) is 0 Å². The minimum Gasteiger partial charge on any atom is -0.462 e. The number of carbonyl (C=O) groups excluding carboxylic acids is 1. The van der Waals surface area contributed by atoms with E-state index in [1.165, 1.54) is 28.5 Å². The van der Waals surface area contributed by atoms with Gasteiger partial charge in [-0.25, -0.2) is 14.2 Å². The number of nitrogens with zero attached hydrogens (tertiary/aromatic N) is 2. The van der Waals surface area contributed by atoms with Crippen molar-refractivity contribution in [2.24, 2.45) is 0 Å². The molecule has 4 aromatic carbocycles. The Labute approximate surface area is 201 Å². The van der Waals surface area contributed by atoms with Crippen LogP contribution in [-0.4, -0.2) is 22.1 Å². The molecule has 0 spiro atoms. The van der Waals surface area contributed by atoms with E-state index in [1.54, 1.807) is 36.9 Å². The third kappa shape index (κ3) is 4.54. The number of fused-ring (bicyclic) bond motifs is 2. The molecule has 1 heterocycles. The van der Waals surface area contributed by atoms with Gasteiger partial charge in [0.25, 0.3) is 0 Å². The number of halogens is 1. The highest BCUT2D eigenvalue weighted by atomic mass is 32.2. The Kier molecular flexibility index (Phi) is 6.32. The van der Waals surface area contributed by atoms with Crippen LogP contribution in [0.5, 0.6) is 0 Å². The first kappa shape index (κ1) is 22.2. The first-order valence-corrected chi connectivity index (χ1v) is 12.1. The molecule has 0 atom stereocenters. The summed E-state index contributed by atoms with van der Waals surface area (Å²) in [4.78, 5) is 17.1. The molecule has 170 valence electrons. The second kappa shape index (κ2) is 9.69. The fourth-order valence-corrected chi connectivity index (χ4v) is 5.11. The van der Waals surface area contributed by atoms with Gasteiger partial charge in [0.1, 0.15) is 5.82 Å². The number of imidazole rings is 1. The van der Waals surface area contributed by atoms with Crippen LogP contribution in [0, 0.1) is 5.82 Å². The normalized spacial score (nSPS) is 11.2. The molecule has 0 N–H and O–H groups in total. The van der Waals surface area contributed by atoms with Crippen molar-refractivity contribution < 1.29 is 13.9 Å². The third-order valence-corrected chi connectivity index (χ3v) is 6.72. The Hall–Kier alpha value is -3.64. The molecule has 0 amide bonds. The second-order valence-electron chi connectivity index (χ2n) is 7.96. The van der Waals surface area contributed by atoms with Gasteiger partial charge in [0.05, 0.1) is 29.7 Å². The van der Waals surface area contributed by atoms with Crippen molar-refractivity contribution in [1.29, 1.82) is 0 Å². The molecule has 0 fully saturated rings. The number of ether oxygens (including phenoxy) is 1. The first-order valence-electron chi connectivity index (χ1n) is 11.1. The second-order valence-corrected chi connectivity index (χ2v) is 8.90. The molecule has 0 unspecified atom stereocenters. The lowest BCUT2D eigenvalue weighted by atomic mass is 10.1. The maximum atomic E-state index is 13.9. The number of esters is 1. The molecule has 34 heavy (non-hydrogen) atoms. The van der Waals surface area contributed by atoms with Gasteiger partial charge >= 0.3 is 5.97 Å². The van der Waals surface area contributed by atoms with Crippen LogP contribution in [0.1, 0.15) is 28.4 Å². The average Bonchev–Trinajstić information content (AvgIpc) is 3.19. The summed E-state index contributed by atoms with van der Waals surface area (Å²) in [5, 5.41) is 3.23. The van der Waals surface area contributed by atoms with Crippen LogP contribution < -0.4 is 0 Å². The summed E-state index contributed by atoms with van der Waals surface area (Å²) < 4.78 is 21.1. The summed E-state index contributed by atoms with van der Waals surface area (Å²) in [6.07, 6.45) is 0. The highest BCUT2D eigenvalue weighted by Gasteiger charge is 2.16. The van der Waals surface area contributed by atoms with E-state index in [9.17, 15) is 9.18 Å². The van der Waals surface area contributed by atoms with Crippen molar-refractivity contribution in [3.63, 3.8) is 0 Å². The predicted octanol–water partition coefficient (Wildman–Crippen LogP) is 6.85. The Bertz CT molecular complexity index is 1490. The number of aromatic nitrogens is 2. The topological polar surface area (TPSA) is 44.1 Å². The van der Waals surface area contributed by atoms with Gasteiger partial charge in [-0.2, -0.15) is 0 Å². The quantitative estimate of drug-likeness (QED) is 0.193. The first-order chi connectivity index (χ1) is 16.6. The van der Waals surface area contributed by atoms with Gasteiger partial charge in [-0.1, -0.05) is 66.4 Å². The zero-order valence-corrected chi connectivity index (χ0v) is 19.5. The van der Waals surface area contributed by atoms with Gasteiger partial charge in [-0.15, -0.1) is 0 Å². The molecule has 0 bridgehead atoms. The summed E-state index contributed by atoms with van der Waals surface area (Å²) in [6, 6.07) is 26.6. The lowest BCUT2D eigenvalue weighted by Crippen LogP contribution is -2.05. The number of thioether (sulfide) groups is 1. The van der Waals surface area contributed by atoms with Gasteiger partial charge in [0, 0.05) is 5.75 Å². The molecule has 0 aliphatic rings. The van der Waals surface area contributed by atoms with E-state index in [1.807, 2.05) is 24.3 Å². The summed E-state index contributed by atoms with van der Waals surface area (Å²) in [6.45, 7) is 2.58. The van der Waals surface area contributed by atoms with Crippen molar-refractivity contribution in [2.75, 3.05) is 6.61 Å². The van der Waals surface area contributed by atoms with E-state index in [0.29, 0.717) is 24.2 Å². The Morgan fingerprint density at radius 3 is 2.68 bits per heavy atom. The van der Waals surface area contributed by atoms with Gasteiger partial charge in [0.15, 0.2) is 5.16 Å². The smallest absolute Gasteiger partial charge is 0.338 e. The molecular formula is C28H23FN2O2S. The van der Waals surface area contributed by atoms with Crippen molar-refractivity contribution in [3.05, 3.63) is 107 Å². The fourth-order valence-electron chi connectivity index (χ4n) is 4.09.